The number of rotatable bonds is 87. The average Bonchev–Trinajstić information content (AvgIpc) is 0.718. The molecular weight excluding hydrogens is 2070 g/mol. The van der Waals surface area contributed by atoms with Crippen molar-refractivity contribution in [3.05, 3.63) is 0 Å². The van der Waals surface area contributed by atoms with Crippen molar-refractivity contribution in [1.82, 2.24) is 0 Å². The molecule has 2 bridgehead atoms. The number of hydrogen-bond acceptors (Lipinski definition) is 47. The zero-order chi connectivity index (χ0) is 109. The molecule has 0 radical (unpaired) electrons. The van der Waals surface area contributed by atoms with Crippen LogP contribution in [0.2, 0.25) is 0 Å². The van der Waals surface area contributed by atoms with Crippen LogP contribution in [-0.2, 0) is 193 Å². The van der Waals surface area contributed by atoms with Gasteiger partial charge in [0.15, 0.2) is 117 Å². The van der Waals surface area contributed by atoms with E-state index in [4.69, 9.17) is 120 Å². The number of ether oxygens (including phenoxy) is 20. The van der Waals surface area contributed by atoms with E-state index < -0.39 is 249 Å². The van der Waals surface area contributed by atoms with E-state index in [1.807, 2.05) is 34.6 Å². The number of unbranched alkanes of at least 4 members (excludes halogenated alkanes) is 35. The molecule has 51 heteroatoms. The minimum Gasteiger partial charge on any atom is -0.479 e. The van der Waals surface area contributed by atoms with E-state index in [0.717, 1.165) is 181 Å². The Morgan fingerprint density at radius 2 is 0.627 bits per heavy atom. The summed E-state index contributed by atoms with van der Waals surface area (Å²) in [7, 11) is -2.08. The summed E-state index contributed by atoms with van der Waals surface area (Å²) in [5.41, 5.74) is -5.91. The number of esters is 7. The summed E-state index contributed by atoms with van der Waals surface area (Å²) in [6.45, 7) is 11.8. The first-order valence-corrected chi connectivity index (χ1v) is 57.3. The molecule has 0 spiro atoms. The van der Waals surface area contributed by atoms with Crippen LogP contribution < -0.4 is 0 Å². The van der Waals surface area contributed by atoms with Crippen LogP contribution in [0.4, 0.5) is 0 Å². The Morgan fingerprint density at radius 3 is 0.987 bits per heavy atom. The standard InChI is InChI=1S/C99H170O47S4/c1-12-20-27-34-41-48-55-69(100)120-62-66-77(80(87(91(119-11)124-66)139-148-145-142-112)129-73(104)59-52-45-38-31-24-16-5)132-94-84-82(117-9)90(99(137-94,65-122-84)97(109)110)135-93-88(140-149-146-143-113)81(138-147-144-141-111)78(67(125-93)63-121-70(101)56-49-42-35-28-21-13-2)133-95-86(131-75(106)61-54-47-40-33-26-18-7)83(118-10)89(98(19-8,136-95)96(107)108)134-92-85(130-74(105)60-53-46-39-32-25-17-6)79(128-72(103)58-51-44-37-30-23-15-4)76(68(126-92)64-123-150(114,115)116)127-71(102)57-50-43-36-29-22-14-3/h66-68,76-95,111-113H,12-65H2,1-11H3,(H,107,108)(H,109,110)(H,114,115,116)/t66?,67?,68?,76-,77-,78-,79-,80-,81-,82+,83+,84?,85?,86?,87?,88?,89+,90+,91+,92-,93-,94-,95+,98?,99?/m0/s1. The lowest BCUT2D eigenvalue weighted by Crippen LogP contribution is -2.77. The second kappa shape index (κ2) is 76.8. The van der Waals surface area contributed by atoms with Gasteiger partial charge in [-0.3, -0.25) is 50.7 Å². The molecule has 6 N–H and O–H groups in total. The molecular formula is C99H170O47S4. The van der Waals surface area contributed by atoms with Gasteiger partial charge in [-0.25, -0.2) is 29.5 Å². The largest absolute Gasteiger partial charge is 0.479 e. The van der Waals surface area contributed by atoms with E-state index in [0.29, 0.717) is 77.0 Å². The average molecular weight is 2240 g/mol. The summed E-state index contributed by atoms with van der Waals surface area (Å²) in [5.74, 6) is -9.93. The smallest absolute Gasteiger partial charge is 0.397 e. The lowest BCUT2D eigenvalue weighted by atomic mass is 9.83. The molecule has 0 aromatic carbocycles. The Kier molecular flexibility index (Phi) is 68.5. The van der Waals surface area contributed by atoms with Crippen molar-refractivity contribution in [1.29, 1.82) is 0 Å². The second-order valence-corrected chi connectivity index (χ2v) is 40.8. The summed E-state index contributed by atoms with van der Waals surface area (Å²) in [5, 5.41) is 65.0. The van der Waals surface area contributed by atoms with Gasteiger partial charge >= 0.3 is 64.1 Å². The normalized spacial score (nSPS) is 28.3. The SMILES string of the molecule is CCCCCCCCC(=O)OCC1O[C@@H](O[C@@H]2[C@H](OC)C3OCC2(C(=O)O)O[C@@H]3O[C@H]2C(COC(=O)CCCCCCCC)O[C@@H](OC)C(OSOOO)[C@H]2OC(=O)CCCCCCCC)C(OSOOO)[C@@H](OSOOO)[C@H]1O[C@@H]1OC(CC)(C(=O)O)[C@H](O[C@@H]2OC(COS(=O)(=O)O)[C@H](OC(=O)CCCCCCCC)[C@H](OC(=O)CCCCCCCC)C2OC(=O)CCCCCCCC)[C@H](OC)C1OC(=O)CCCCCCCC. The molecule has 7 aliphatic heterocycles. The highest BCUT2D eigenvalue weighted by molar-refractivity contribution is 7.90. The Morgan fingerprint density at radius 1 is 0.313 bits per heavy atom. The molecule has 150 heavy (non-hydrogen) atoms. The molecule has 7 saturated heterocycles. The van der Waals surface area contributed by atoms with Crippen molar-refractivity contribution in [3.8, 4) is 0 Å². The molecule has 872 valence electrons. The fourth-order valence-electron chi connectivity index (χ4n) is 18.9. The molecule has 7 fully saturated rings. The van der Waals surface area contributed by atoms with Gasteiger partial charge in [0.2, 0.25) is 5.60 Å². The number of aliphatic carboxylic acids is 2. The van der Waals surface area contributed by atoms with Crippen LogP contribution in [0.15, 0.2) is 0 Å². The van der Waals surface area contributed by atoms with Crippen LogP contribution >= 0.6 is 37.0 Å². The number of hydrogen-bond donors (Lipinski definition) is 6. The second-order valence-electron chi connectivity index (χ2n) is 38.4. The van der Waals surface area contributed by atoms with Gasteiger partial charge in [0.1, 0.15) is 80.4 Å². The fraction of sp³-hybridized carbons (Fsp3) is 0.909. The first-order chi connectivity index (χ1) is 72.5. The zero-order valence-electron chi connectivity index (χ0n) is 89.0. The molecule has 0 saturated carbocycles. The van der Waals surface area contributed by atoms with Crippen LogP contribution in [0.1, 0.15) is 376 Å². The van der Waals surface area contributed by atoms with E-state index in [-0.39, 0.29) is 108 Å². The minimum atomic E-state index is -5.47. The third kappa shape index (κ3) is 45.9. The monoisotopic (exact) mass is 2240 g/mol. The summed E-state index contributed by atoms with van der Waals surface area (Å²) < 4.78 is 203. The molecule has 47 nitrogen and oxygen atoms in total. The first kappa shape index (κ1) is 134. The zero-order valence-corrected chi connectivity index (χ0v) is 92.3. The highest BCUT2D eigenvalue weighted by Crippen LogP contribution is 2.49. The molecule has 0 aromatic rings. The molecule has 7 heterocycles. The van der Waals surface area contributed by atoms with Gasteiger partial charge < -0.3 is 105 Å². The Bertz CT molecular complexity index is 3840. The number of carboxylic acid groups (broad SMARTS) is 2. The fourth-order valence-corrected chi connectivity index (χ4v) is 20.3. The van der Waals surface area contributed by atoms with Crippen LogP contribution in [-0.4, -0.2) is 293 Å². The Balaban J connectivity index is 1.59. The van der Waals surface area contributed by atoms with Crippen molar-refractivity contribution < 1.29 is 222 Å². The highest BCUT2D eigenvalue weighted by atomic mass is 32.3. The summed E-state index contributed by atoms with van der Waals surface area (Å²) in [4.78, 5) is 132. The maximum Gasteiger partial charge on any atom is 0.397 e. The lowest BCUT2D eigenvalue weighted by Gasteiger charge is -2.57. The number of carboxylic acids is 2. The number of methoxy groups -OCH3 is 3. The molecule has 25 atom stereocenters. The highest BCUT2D eigenvalue weighted by Gasteiger charge is 2.70. The van der Waals surface area contributed by atoms with E-state index >= 15 is 9.59 Å². The number of carbonyl (C=O) groups excluding carboxylic acids is 7. The summed E-state index contributed by atoms with van der Waals surface area (Å²) >= 11 is -0.301. The summed E-state index contributed by atoms with van der Waals surface area (Å²) in [6.07, 6.45) is -17.9. The molecule has 0 aromatic heterocycles. The van der Waals surface area contributed by atoms with Crippen molar-refractivity contribution in [2.24, 2.45) is 0 Å². The Hall–Kier alpha value is -4.85. The predicted molar refractivity (Wildman–Crippen MR) is 531 cm³/mol. The van der Waals surface area contributed by atoms with Gasteiger partial charge in [-0.15, -0.1) is 13.0 Å². The van der Waals surface area contributed by atoms with Crippen molar-refractivity contribution >= 4 is 101 Å². The van der Waals surface area contributed by atoms with Gasteiger partial charge in [-0.05, 0) is 51.4 Å². The number of carbonyl (C=O) groups is 9. The van der Waals surface area contributed by atoms with Crippen LogP contribution in [0.3, 0.4) is 0 Å². The van der Waals surface area contributed by atoms with Gasteiger partial charge in [-0.2, -0.15) is 8.42 Å². The van der Waals surface area contributed by atoms with E-state index in [1.54, 1.807) is 0 Å². The van der Waals surface area contributed by atoms with Gasteiger partial charge in [0.25, 0.3) is 0 Å². The molecule has 10 unspecified atom stereocenters. The van der Waals surface area contributed by atoms with Crippen LogP contribution in [0, 0.1) is 0 Å². The topological polar surface area (TPSA) is 586 Å². The van der Waals surface area contributed by atoms with Gasteiger partial charge in [0, 0.05) is 66.3 Å². The quantitative estimate of drug-likeness (QED) is 0.00626. The van der Waals surface area contributed by atoms with Gasteiger partial charge in [0.05, 0.1) is 13.2 Å². The van der Waals surface area contributed by atoms with Crippen molar-refractivity contribution in [2.45, 2.75) is 529 Å². The molecule has 7 rings (SSSR count). The van der Waals surface area contributed by atoms with E-state index in [2.05, 4.69) is 33.3 Å². The van der Waals surface area contributed by atoms with Crippen LogP contribution in [0.5, 0.6) is 0 Å². The number of fused-ring (bicyclic) bond motifs is 3. The van der Waals surface area contributed by atoms with Crippen molar-refractivity contribution in [2.75, 3.05) is 47.8 Å². The van der Waals surface area contributed by atoms with E-state index in [1.165, 1.54) is 14.0 Å². The molecule has 0 amide bonds. The maximum atomic E-state index is 15.2. The van der Waals surface area contributed by atoms with E-state index in [9.17, 15) is 72.5 Å². The summed E-state index contributed by atoms with van der Waals surface area (Å²) in [6, 6.07) is 0. The Labute approximate surface area is 894 Å². The molecule has 7 aliphatic rings. The minimum absolute atomic E-state index is 0.0211. The third-order valence-corrected chi connectivity index (χ3v) is 28.8. The predicted octanol–water partition coefficient (Wildman–Crippen LogP) is 17.4. The maximum absolute atomic E-state index is 15.2. The first-order valence-electron chi connectivity index (χ1n) is 54.0. The third-order valence-electron chi connectivity index (χ3n) is 27.1. The van der Waals surface area contributed by atoms with Crippen molar-refractivity contribution in [3.63, 3.8) is 0 Å². The molecule has 0 aliphatic carbocycles. The lowest BCUT2D eigenvalue weighted by molar-refractivity contribution is -0.439. The van der Waals surface area contributed by atoms with Gasteiger partial charge in [-0.1, -0.05) is 295 Å². The van der Waals surface area contributed by atoms with Crippen LogP contribution in [0.25, 0.3) is 0 Å².